The molecular weight excluding hydrogens is 1190 g/mol. The number of imidazole rings is 1. The molecule has 0 bridgehead atoms. The second-order valence-electron chi connectivity index (χ2n) is 19.0. The number of aryl methyl sites for hydroxylation is 1. The number of aromatic nitrogens is 8. The number of phosphoric acid groups is 2. The Bertz CT molecular complexity index is 2900. The zero-order chi connectivity index (χ0) is 58.6. The number of fused-ring (bicyclic) bond motifs is 1. The molecule has 3 aliphatic heterocycles. The number of aliphatic hydroxyl groups excluding tert-OH is 4. The van der Waals surface area contributed by atoms with Gasteiger partial charge in [0.25, 0.3) is 12.1 Å². The number of aliphatic carboxylic acids is 3. The van der Waals surface area contributed by atoms with Crippen LogP contribution in [0.4, 0.5) is 5.82 Å². The van der Waals surface area contributed by atoms with Gasteiger partial charge in [-0.05, 0) is 12.5 Å². The standard InChI is InChI=1S/C43H63N15O21P2.Cu/c44-39(70)26-3-1-5-56(16-26)42-37(68)35(66)28(77-42)22-75-80(71,72)79-81(73,74)76-23-29-36(67)38(69)43(78-29)58-25-49-34-40(47-24-48-41(34)58)46-15-27-17-57(51-50-27)6-2-4-45-30(59)18-52-7-9-53(19-31(60)61)11-13-55(21-33(64)65)14-12-54(10-8-52)20-32(62)63;/h1,3,5,16-17,24-25,28-29,35-38,42-43,66-69H,2,4,6-15,18-23H2,(H8-,44,45,46,47,48,59,60,61,62,63,64,65,70,71,72,73,74);/p+1/t28-,29-,35-,36-,37-,38-,42-,43-;/m1./s1. The predicted octanol–water partition coefficient (Wildman–Crippen LogP) is -5.42. The fraction of sp³-hybridized carbons (Fsp3) is 0.605. The summed E-state index contributed by atoms with van der Waals surface area (Å²) in [5.74, 6) is -4.06. The summed E-state index contributed by atoms with van der Waals surface area (Å²) in [6, 6.07) is 2.81. The average molecular weight is 1250 g/mol. The molecule has 4 aromatic heterocycles. The summed E-state index contributed by atoms with van der Waals surface area (Å²) in [6.07, 6.45) is -5.33. The topological polar surface area (TPSA) is 489 Å². The van der Waals surface area contributed by atoms with Gasteiger partial charge >= 0.3 is 33.6 Å². The first-order chi connectivity index (χ1) is 38.4. The first-order valence-corrected chi connectivity index (χ1v) is 28.0. The largest absolute Gasteiger partial charge is 0.481 e. The zero-order valence-electron chi connectivity index (χ0n) is 43.5. The molecule has 4 aromatic rings. The second kappa shape index (κ2) is 29.8. The van der Waals surface area contributed by atoms with E-state index < -0.39 is 102 Å². The number of phosphoric ester groups is 2. The second-order valence-corrected chi connectivity index (χ2v) is 22.0. The summed E-state index contributed by atoms with van der Waals surface area (Å²) in [4.78, 5) is 99.6. The molecule has 2 amide bonds. The Hall–Kier alpha value is -5.63. The number of nitrogens with zero attached hydrogens (tertiary/aromatic N) is 12. The van der Waals surface area contributed by atoms with Gasteiger partial charge in [-0.25, -0.2) is 24.1 Å². The third kappa shape index (κ3) is 18.7. The van der Waals surface area contributed by atoms with Gasteiger partial charge in [0.1, 0.15) is 48.1 Å². The third-order valence-electron chi connectivity index (χ3n) is 13.0. The van der Waals surface area contributed by atoms with Crippen LogP contribution in [-0.2, 0) is 81.3 Å². The van der Waals surface area contributed by atoms with E-state index in [1.54, 1.807) is 25.6 Å². The number of hydrogen-bond acceptors (Lipinski definition) is 26. The first kappa shape index (κ1) is 65.5. The number of carboxylic acid groups (broad SMARTS) is 3. The normalized spacial score (nSPS) is 25.0. The zero-order valence-corrected chi connectivity index (χ0v) is 46.2. The SMILES string of the molecule is NC(=O)c1ccc[n+]([C@@H]2O[C@H](COP(=O)(O)OP(=O)(O)OC[C@H]3O[C@@H](n4cnc5c(NCc6cn(CCCNC(=O)CN7CCN(CC(=O)O)CCN(CC(=O)O)CCN(CC(=O)O)CC7)nn6)ncnc54)[C@H](O)[C@@H]3O)[C@@H](O)[C@H]2O)c1.[Cu]. The van der Waals surface area contributed by atoms with Gasteiger partial charge in [-0.3, -0.25) is 61.9 Å². The van der Waals surface area contributed by atoms with Crippen LogP contribution in [0.2, 0.25) is 0 Å². The van der Waals surface area contributed by atoms with Crippen molar-refractivity contribution < 1.29 is 123 Å². The van der Waals surface area contributed by atoms with E-state index in [0.29, 0.717) is 18.7 Å². The Labute approximate surface area is 476 Å². The molecule has 0 spiro atoms. The molecule has 0 saturated carbocycles. The van der Waals surface area contributed by atoms with Gasteiger partial charge in [0.15, 0.2) is 41.7 Å². The number of carboxylic acids is 3. The molecule has 10 atom stereocenters. The number of amides is 2. The molecule has 36 nitrogen and oxygen atoms in total. The van der Waals surface area contributed by atoms with Crippen molar-refractivity contribution in [2.45, 2.75) is 68.6 Å². The van der Waals surface area contributed by atoms with Crippen LogP contribution in [0, 0.1) is 0 Å². The van der Waals surface area contributed by atoms with Crippen molar-refractivity contribution >= 4 is 62.3 Å². The maximum atomic E-state index is 13.1. The number of rotatable bonds is 26. The summed E-state index contributed by atoms with van der Waals surface area (Å²) in [6.45, 7) is -0.0205. The van der Waals surface area contributed by atoms with Crippen molar-refractivity contribution in [1.29, 1.82) is 0 Å². The van der Waals surface area contributed by atoms with Crippen molar-refractivity contribution in [1.82, 2.24) is 59.4 Å². The van der Waals surface area contributed by atoms with Gasteiger partial charge in [-0.2, -0.15) is 8.88 Å². The van der Waals surface area contributed by atoms with E-state index in [-0.39, 0.29) is 137 Å². The van der Waals surface area contributed by atoms with Crippen molar-refractivity contribution in [3.8, 4) is 0 Å². The molecule has 82 heavy (non-hydrogen) atoms. The maximum absolute atomic E-state index is 13.1. The number of anilines is 1. The Balaban J connectivity index is 0.0000108. The minimum Gasteiger partial charge on any atom is -0.480 e. The fourth-order valence-electron chi connectivity index (χ4n) is 8.90. The summed E-state index contributed by atoms with van der Waals surface area (Å²) in [7, 11) is -11.0. The molecule has 0 aromatic carbocycles. The molecule has 457 valence electrons. The number of aliphatic hydroxyl groups is 4. The van der Waals surface area contributed by atoms with Gasteiger partial charge in [0.05, 0.1) is 58.5 Å². The van der Waals surface area contributed by atoms with E-state index in [1.807, 2.05) is 4.90 Å². The minimum atomic E-state index is -5.49. The molecule has 39 heteroatoms. The molecule has 7 rings (SSSR count). The van der Waals surface area contributed by atoms with E-state index >= 15 is 0 Å². The van der Waals surface area contributed by atoms with Crippen LogP contribution in [0.3, 0.4) is 0 Å². The molecule has 3 fully saturated rings. The Morgan fingerprint density at radius 2 is 1.30 bits per heavy atom. The molecule has 13 N–H and O–H groups in total. The van der Waals surface area contributed by atoms with E-state index in [2.05, 4.69) is 40.2 Å². The summed E-state index contributed by atoms with van der Waals surface area (Å²) < 4.78 is 54.8. The van der Waals surface area contributed by atoms with Crippen molar-refractivity contribution in [3.05, 3.63) is 54.6 Å². The van der Waals surface area contributed by atoms with Crippen molar-refractivity contribution in [2.75, 3.05) is 104 Å². The molecule has 0 aliphatic carbocycles. The van der Waals surface area contributed by atoms with Gasteiger partial charge in [-0.15, -0.1) is 5.10 Å². The Morgan fingerprint density at radius 1 is 0.756 bits per heavy atom. The van der Waals surface area contributed by atoms with Crippen LogP contribution >= 0.6 is 15.6 Å². The first-order valence-electron chi connectivity index (χ1n) is 25.1. The van der Waals surface area contributed by atoms with Gasteiger partial charge < -0.3 is 71.4 Å². The van der Waals surface area contributed by atoms with Crippen LogP contribution in [-0.4, -0.2) is 264 Å². The van der Waals surface area contributed by atoms with Crippen LogP contribution < -0.4 is 20.9 Å². The van der Waals surface area contributed by atoms with Gasteiger partial charge in [0, 0.05) is 88.6 Å². The summed E-state index contributed by atoms with van der Waals surface area (Å²) in [5, 5.41) is 85.5. The van der Waals surface area contributed by atoms with E-state index in [0.717, 1.165) is 0 Å². The molecule has 3 saturated heterocycles. The molecule has 1 radical (unpaired) electrons. The third-order valence-corrected chi connectivity index (χ3v) is 15.6. The molecule has 2 unspecified atom stereocenters. The Kier molecular flexibility index (Phi) is 23.8. The van der Waals surface area contributed by atoms with Crippen LogP contribution in [0.15, 0.2) is 43.4 Å². The minimum absolute atomic E-state index is 0. The molecule has 3 aliphatic rings. The average Bonchev–Trinajstić information content (AvgIpc) is 4.36. The number of ether oxygens (including phenoxy) is 2. The number of hydrogen-bond donors (Lipinski definition) is 12. The van der Waals surface area contributed by atoms with Crippen LogP contribution in [0.25, 0.3) is 11.2 Å². The summed E-state index contributed by atoms with van der Waals surface area (Å²) in [5.41, 5.74) is 6.14. The van der Waals surface area contributed by atoms with Crippen LogP contribution in [0.1, 0.15) is 34.9 Å². The fourth-order valence-corrected chi connectivity index (χ4v) is 11.0. The predicted molar refractivity (Wildman–Crippen MR) is 269 cm³/mol. The van der Waals surface area contributed by atoms with Crippen molar-refractivity contribution in [3.63, 3.8) is 0 Å². The quantitative estimate of drug-likeness (QED) is 0.0121. The van der Waals surface area contributed by atoms with Crippen LogP contribution in [0.5, 0.6) is 0 Å². The molecule has 7 heterocycles. The van der Waals surface area contributed by atoms with Gasteiger partial charge in [-0.1, -0.05) is 5.21 Å². The Morgan fingerprint density at radius 3 is 1.87 bits per heavy atom. The number of carbonyl (C=O) groups excluding carboxylic acids is 2. The number of primary amides is 1. The van der Waals surface area contributed by atoms with E-state index in [4.69, 9.17) is 24.3 Å². The van der Waals surface area contributed by atoms with Crippen molar-refractivity contribution in [2.24, 2.45) is 5.73 Å². The molecular formula is C43H64CuN15O21P2+. The summed E-state index contributed by atoms with van der Waals surface area (Å²) >= 11 is 0. The monoisotopic (exact) mass is 1250 g/mol. The van der Waals surface area contributed by atoms with E-state index in [9.17, 15) is 78.6 Å². The van der Waals surface area contributed by atoms with Gasteiger partial charge in [0.2, 0.25) is 5.91 Å². The number of carbonyl (C=O) groups is 5. The maximum Gasteiger partial charge on any atom is 0.481 e. The smallest absolute Gasteiger partial charge is 0.480 e. The number of pyridine rings is 1. The number of nitrogens with two attached hydrogens (primary N) is 1. The number of nitrogens with one attached hydrogen (secondary N) is 2. The van der Waals surface area contributed by atoms with E-state index in [1.165, 1.54) is 46.3 Å².